The number of fused-ring (bicyclic) bond motifs is 1. The summed E-state index contributed by atoms with van der Waals surface area (Å²) in [5.74, 6) is 0.541. The molecule has 1 heterocycles. The van der Waals surface area contributed by atoms with E-state index >= 15 is 0 Å². The van der Waals surface area contributed by atoms with E-state index in [1.165, 1.54) is 25.7 Å². The van der Waals surface area contributed by atoms with Crippen LogP contribution in [0.1, 0.15) is 37.3 Å². The molecule has 0 bridgehead atoms. The van der Waals surface area contributed by atoms with Gasteiger partial charge in [-0.05, 0) is 46.8 Å². The first-order chi connectivity index (χ1) is 8.25. The fraction of sp³-hybridized carbons (Fsp3) is 0.357. The fourth-order valence-corrected chi connectivity index (χ4v) is 3.18. The minimum atomic E-state index is 0.127. The van der Waals surface area contributed by atoms with Crippen molar-refractivity contribution >= 4 is 26.8 Å². The predicted octanol–water partition coefficient (Wildman–Crippen LogP) is 3.95. The second-order valence-electron chi connectivity index (χ2n) is 4.73. The van der Waals surface area contributed by atoms with Crippen molar-refractivity contribution in [3.8, 4) is 0 Å². The van der Waals surface area contributed by atoms with Crippen LogP contribution in [0.2, 0.25) is 0 Å². The van der Waals surface area contributed by atoms with Gasteiger partial charge in [-0.25, -0.2) is 0 Å². The molecule has 1 aromatic carbocycles. The summed E-state index contributed by atoms with van der Waals surface area (Å²) in [7, 11) is 0. The maximum Gasteiger partial charge on any atom is 0.189 e. The van der Waals surface area contributed by atoms with Crippen LogP contribution in [0.5, 0.6) is 0 Å². The molecule has 0 amide bonds. The van der Waals surface area contributed by atoms with Gasteiger partial charge in [0.25, 0.3) is 0 Å². The molecule has 1 aliphatic carbocycles. The number of aromatic amines is 1. The van der Waals surface area contributed by atoms with Gasteiger partial charge in [0, 0.05) is 21.6 Å². The molecule has 0 unspecified atom stereocenters. The van der Waals surface area contributed by atoms with Crippen molar-refractivity contribution in [3.63, 3.8) is 0 Å². The molecule has 0 radical (unpaired) electrons. The van der Waals surface area contributed by atoms with Gasteiger partial charge in [0.2, 0.25) is 0 Å². The quantitative estimate of drug-likeness (QED) is 0.848. The van der Waals surface area contributed by atoms with Gasteiger partial charge in [-0.3, -0.25) is 4.79 Å². The summed E-state index contributed by atoms with van der Waals surface area (Å²) in [5.41, 5.74) is 2.16. The number of aromatic nitrogens is 1. The van der Waals surface area contributed by atoms with Gasteiger partial charge < -0.3 is 4.98 Å². The lowest BCUT2D eigenvalue weighted by molar-refractivity contribution is 0.700. The van der Waals surface area contributed by atoms with Crippen LogP contribution in [0.4, 0.5) is 0 Å². The first-order valence-corrected chi connectivity index (χ1v) is 6.86. The number of hydrogen-bond donors (Lipinski definition) is 1. The number of pyridine rings is 1. The van der Waals surface area contributed by atoms with Crippen LogP contribution in [0.3, 0.4) is 0 Å². The van der Waals surface area contributed by atoms with E-state index in [9.17, 15) is 4.79 Å². The van der Waals surface area contributed by atoms with Crippen LogP contribution in [0.15, 0.2) is 33.5 Å². The minimum absolute atomic E-state index is 0.127. The number of nitrogens with one attached hydrogen (secondary N) is 1. The molecular weight excluding hydrogens is 278 g/mol. The Kier molecular flexibility index (Phi) is 2.79. The monoisotopic (exact) mass is 291 g/mol. The molecule has 0 aliphatic heterocycles. The number of halogens is 1. The normalized spacial score (nSPS) is 16.8. The van der Waals surface area contributed by atoms with E-state index in [1.54, 1.807) is 6.07 Å². The number of benzene rings is 1. The summed E-state index contributed by atoms with van der Waals surface area (Å²) in [5, 5.41) is 0.765. The number of rotatable bonds is 1. The SMILES string of the molecule is O=c1cc(C2CCCC2)[nH]c2c(Br)cccc12. The zero-order valence-corrected chi connectivity index (χ0v) is 11.1. The molecule has 1 aliphatic rings. The van der Waals surface area contributed by atoms with Gasteiger partial charge in [-0.1, -0.05) is 18.9 Å². The molecule has 88 valence electrons. The molecule has 0 saturated heterocycles. The van der Waals surface area contributed by atoms with E-state index in [1.807, 2.05) is 18.2 Å². The third-order valence-corrected chi connectivity index (χ3v) is 4.29. The van der Waals surface area contributed by atoms with Crippen LogP contribution in [0.25, 0.3) is 10.9 Å². The molecule has 0 atom stereocenters. The first kappa shape index (κ1) is 11.0. The van der Waals surface area contributed by atoms with E-state index in [4.69, 9.17) is 0 Å². The lowest BCUT2D eigenvalue weighted by atomic mass is 10.0. The predicted molar refractivity (Wildman–Crippen MR) is 73.5 cm³/mol. The van der Waals surface area contributed by atoms with E-state index in [-0.39, 0.29) is 5.43 Å². The lowest BCUT2D eigenvalue weighted by Gasteiger charge is -2.11. The van der Waals surface area contributed by atoms with E-state index < -0.39 is 0 Å². The van der Waals surface area contributed by atoms with Crippen LogP contribution in [0, 0.1) is 0 Å². The Hall–Kier alpha value is -1.09. The molecule has 0 spiro atoms. The Morgan fingerprint density at radius 1 is 1.24 bits per heavy atom. The van der Waals surface area contributed by atoms with Crippen molar-refractivity contribution in [1.82, 2.24) is 4.98 Å². The smallest absolute Gasteiger partial charge is 0.189 e. The molecule has 1 saturated carbocycles. The first-order valence-electron chi connectivity index (χ1n) is 6.07. The van der Waals surface area contributed by atoms with Gasteiger partial charge in [-0.2, -0.15) is 0 Å². The number of para-hydroxylation sites is 1. The Balaban J connectivity index is 2.22. The van der Waals surface area contributed by atoms with Crippen LogP contribution < -0.4 is 5.43 Å². The summed E-state index contributed by atoms with van der Waals surface area (Å²) < 4.78 is 0.965. The minimum Gasteiger partial charge on any atom is -0.357 e. The van der Waals surface area contributed by atoms with Gasteiger partial charge in [0.05, 0.1) is 5.52 Å². The molecule has 17 heavy (non-hydrogen) atoms. The van der Waals surface area contributed by atoms with Gasteiger partial charge >= 0.3 is 0 Å². The summed E-state index contributed by atoms with van der Waals surface area (Å²) in [4.78, 5) is 15.5. The third kappa shape index (κ3) is 1.93. The zero-order chi connectivity index (χ0) is 11.8. The van der Waals surface area contributed by atoms with Gasteiger partial charge in [0.15, 0.2) is 5.43 Å². The highest BCUT2D eigenvalue weighted by atomic mass is 79.9. The van der Waals surface area contributed by atoms with Crippen LogP contribution in [-0.2, 0) is 0 Å². The summed E-state index contributed by atoms with van der Waals surface area (Å²) in [6, 6.07) is 7.52. The van der Waals surface area contributed by atoms with E-state index in [0.29, 0.717) is 5.92 Å². The molecular formula is C14H14BrNO. The second kappa shape index (κ2) is 4.30. The van der Waals surface area contributed by atoms with Crippen molar-refractivity contribution in [2.45, 2.75) is 31.6 Å². The molecule has 3 rings (SSSR count). The largest absolute Gasteiger partial charge is 0.357 e. The fourth-order valence-electron chi connectivity index (χ4n) is 2.71. The Morgan fingerprint density at radius 2 is 2.00 bits per heavy atom. The molecule has 1 aromatic heterocycles. The number of hydrogen-bond acceptors (Lipinski definition) is 1. The highest BCUT2D eigenvalue weighted by Crippen LogP contribution is 2.33. The van der Waals surface area contributed by atoms with Crippen molar-refractivity contribution in [3.05, 3.63) is 44.7 Å². The lowest BCUT2D eigenvalue weighted by Crippen LogP contribution is -2.07. The maximum absolute atomic E-state index is 12.1. The van der Waals surface area contributed by atoms with E-state index in [2.05, 4.69) is 20.9 Å². The molecule has 2 aromatic rings. The Bertz CT molecular complexity index is 611. The summed E-state index contributed by atoms with van der Waals surface area (Å²) >= 11 is 3.50. The highest BCUT2D eigenvalue weighted by Gasteiger charge is 2.18. The van der Waals surface area contributed by atoms with Crippen LogP contribution in [-0.4, -0.2) is 4.98 Å². The van der Waals surface area contributed by atoms with Gasteiger partial charge in [0.1, 0.15) is 0 Å². The van der Waals surface area contributed by atoms with Crippen LogP contribution >= 0.6 is 15.9 Å². The molecule has 1 N–H and O–H groups in total. The topological polar surface area (TPSA) is 32.9 Å². The van der Waals surface area contributed by atoms with Crippen molar-refractivity contribution in [1.29, 1.82) is 0 Å². The molecule has 1 fully saturated rings. The molecule has 3 heteroatoms. The average Bonchev–Trinajstić information content (AvgIpc) is 2.84. The average molecular weight is 292 g/mol. The summed E-state index contributed by atoms with van der Waals surface area (Å²) in [6.07, 6.45) is 4.96. The Labute approximate surface area is 108 Å². The molecule has 2 nitrogen and oxygen atoms in total. The van der Waals surface area contributed by atoms with Crippen molar-refractivity contribution < 1.29 is 0 Å². The number of H-pyrrole nitrogens is 1. The van der Waals surface area contributed by atoms with Gasteiger partial charge in [-0.15, -0.1) is 0 Å². The van der Waals surface area contributed by atoms with Crippen molar-refractivity contribution in [2.24, 2.45) is 0 Å². The summed E-state index contributed by atoms with van der Waals surface area (Å²) in [6.45, 7) is 0. The maximum atomic E-state index is 12.1. The standard InChI is InChI=1S/C14H14BrNO/c15-11-7-3-6-10-13(17)8-12(16-14(10)11)9-4-1-2-5-9/h3,6-9H,1-2,4-5H2,(H,16,17). The van der Waals surface area contributed by atoms with Crippen molar-refractivity contribution in [2.75, 3.05) is 0 Å². The zero-order valence-electron chi connectivity index (χ0n) is 9.50. The third-order valence-electron chi connectivity index (χ3n) is 3.63. The Morgan fingerprint density at radius 3 is 2.76 bits per heavy atom. The highest BCUT2D eigenvalue weighted by molar-refractivity contribution is 9.10. The second-order valence-corrected chi connectivity index (χ2v) is 5.59. The van der Waals surface area contributed by atoms with E-state index in [0.717, 1.165) is 21.1 Å².